The van der Waals surface area contributed by atoms with Crippen molar-refractivity contribution in [3.8, 4) is 5.75 Å². The van der Waals surface area contributed by atoms with Gasteiger partial charge in [0, 0.05) is 22.7 Å². The molecule has 0 bridgehead atoms. The fourth-order valence-electron chi connectivity index (χ4n) is 1.39. The minimum absolute atomic E-state index is 0.218. The van der Waals surface area contributed by atoms with E-state index in [1.165, 1.54) is 0 Å². The molecule has 2 rings (SSSR count). The fourth-order valence-corrected chi connectivity index (χ4v) is 1.39. The standard InChI is InChI=1S/C10H9NO2/c1-6-2-9-8(3-10(6)13)7(5-12)4-11-9/h2-5,11,13H,1H3. The predicted octanol–water partition coefficient (Wildman–Crippen LogP) is 1.99. The highest BCUT2D eigenvalue weighted by Gasteiger charge is 2.05. The molecule has 66 valence electrons. The van der Waals surface area contributed by atoms with Crippen molar-refractivity contribution in [2.75, 3.05) is 0 Å². The molecule has 0 spiro atoms. The van der Waals surface area contributed by atoms with Crippen LogP contribution in [0.2, 0.25) is 0 Å². The number of carbonyl (C=O) groups excluding carboxylic acids is 1. The van der Waals surface area contributed by atoms with E-state index < -0.39 is 0 Å². The summed E-state index contributed by atoms with van der Waals surface area (Å²) < 4.78 is 0. The number of hydrogen-bond acceptors (Lipinski definition) is 2. The Morgan fingerprint density at radius 2 is 2.23 bits per heavy atom. The summed E-state index contributed by atoms with van der Waals surface area (Å²) in [4.78, 5) is 13.5. The van der Waals surface area contributed by atoms with Crippen LogP contribution in [-0.4, -0.2) is 16.4 Å². The Balaban J connectivity index is 2.84. The summed E-state index contributed by atoms with van der Waals surface area (Å²) in [5.74, 6) is 0.218. The number of hydrogen-bond donors (Lipinski definition) is 2. The van der Waals surface area contributed by atoms with Crippen molar-refractivity contribution in [1.82, 2.24) is 4.98 Å². The van der Waals surface area contributed by atoms with Crippen LogP contribution in [0.25, 0.3) is 10.9 Å². The van der Waals surface area contributed by atoms with Crippen LogP contribution in [0.15, 0.2) is 18.3 Å². The molecule has 0 amide bonds. The maximum Gasteiger partial charge on any atom is 0.152 e. The van der Waals surface area contributed by atoms with Gasteiger partial charge in [-0.1, -0.05) is 0 Å². The monoisotopic (exact) mass is 175 g/mol. The first kappa shape index (κ1) is 7.86. The van der Waals surface area contributed by atoms with Crippen LogP contribution in [0.3, 0.4) is 0 Å². The van der Waals surface area contributed by atoms with Gasteiger partial charge in [0.05, 0.1) is 0 Å². The normalized spacial score (nSPS) is 10.5. The third-order valence-corrected chi connectivity index (χ3v) is 2.16. The first-order valence-electron chi connectivity index (χ1n) is 3.98. The van der Waals surface area contributed by atoms with Crippen molar-refractivity contribution in [3.05, 3.63) is 29.5 Å². The van der Waals surface area contributed by atoms with Gasteiger partial charge < -0.3 is 10.1 Å². The second kappa shape index (κ2) is 2.62. The van der Waals surface area contributed by atoms with Crippen molar-refractivity contribution in [3.63, 3.8) is 0 Å². The number of aldehydes is 1. The molecule has 0 atom stereocenters. The van der Waals surface area contributed by atoms with Gasteiger partial charge in [-0.15, -0.1) is 0 Å². The third kappa shape index (κ3) is 1.09. The summed E-state index contributed by atoms with van der Waals surface area (Å²) in [6.07, 6.45) is 2.41. The molecule has 0 saturated heterocycles. The number of aromatic nitrogens is 1. The molecule has 2 N–H and O–H groups in total. The van der Waals surface area contributed by atoms with Crippen molar-refractivity contribution in [1.29, 1.82) is 0 Å². The molecule has 1 aromatic heterocycles. The van der Waals surface area contributed by atoms with Crippen LogP contribution < -0.4 is 0 Å². The van der Waals surface area contributed by atoms with Crippen molar-refractivity contribution in [2.24, 2.45) is 0 Å². The minimum atomic E-state index is 0.218. The lowest BCUT2D eigenvalue weighted by atomic mass is 10.1. The number of aromatic hydroxyl groups is 1. The molecule has 0 unspecified atom stereocenters. The zero-order valence-electron chi connectivity index (χ0n) is 7.16. The topological polar surface area (TPSA) is 53.1 Å². The number of aryl methyl sites for hydroxylation is 1. The van der Waals surface area contributed by atoms with Gasteiger partial charge in [-0.2, -0.15) is 0 Å². The molecule has 13 heavy (non-hydrogen) atoms. The molecule has 3 heteroatoms. The number of fused-ring (bicyclic) bond motifs is 1. The Hall–Kier alpha value is -1.77. The second-order valence-corrected chi connectivity index (χ2v) is 3.05. The number of rotatable bonds is 1. The zero-order valence-corrected chi connectivity index (χ0v) is 7.16. The van der Waals surface area contributed by atoms with E-state index in [1.54, 1.807) is 12.3 Å². The summed E-state index contributed by atoms with van der Waals surface area (Å²) in [6, 6.07) is 3.42. The summed E-state index contributed by atoms with van der Waals surface area (Å²) in [7, 11) is 0. The van der Waals surface area contributed by atoms with Gasteiger partial charge in [0.2, 0.25) is 0 Å². The van der Waals surface area contributed by atoms with E-state index in [0.29, 0.717) is 5.56 Å². The zero-order chi connectivity index (χ0) is 9.42. The van der Waals surface area contributed by atoms with Gasteiger partial charge in [0.1, 0.15) is 5.75 Å². The van der Waals surface area contributed by atoms with Crippen LogP contribution in [0.1, 0.15) is 15.9 Å². The number of carbonyl (C=O) groups is 1. The van der Waals surface area contributed by atoms with E-state index in [0.717, 1.165) is 22.8 Å². The minimum Gasteiger partial charge on any atom is -0.508 e. The number of nitrogens with one attached hydrogen (secondary N) is 1. The Kier molecular flexibility index (Phi) is 1.59. The summed E-state index contributed by atoms with van der Waals surface area (Å²) in [6.45, 7) is 1.82. The van der Waals surface area contributed by atoms with Crippen molar-refractivity contribution < 1.29 is 9.90 Å². The predicted molar refractivity (Wildman–Crippen MR) is 50.1 cm³/mol. The molecular weight excluding hydrogens is 166 g/mol. The third-order valence-electron chi connectivity index (χ3n) is 2.16. The van der Waals surface area contributed by atoms with Crippen molar-refractivity contribution >= 4 is 17.2 Å². The van der Waals surface area contributed by atoms with Crippen LogP contribution in [-0.2, 0) is 0 Å². The Bertz CT molecular complexity index is 471. The highest BCUT2D eigenvalue weighted by Crippen LogP contribution is 2.25. The first-order chi connectivity index (χ1) is 6.22. The average Bonchev–Trinajstić information content (AvgIpc) is 2.48. The van der Waals surface area contributed by atoms with E-state index in [2.05, 4.69) is 4.98 Å². The highest BCUT2D eigenvalue weighted by molar-refractivity contribution is 5.98. The van der Waals surface area contributed by atoms with Crippen LogP contribution in [0.5, 0.6) is 5.75 Å². The molecule has 3 nitrogen and oxygen atoms in total. The Morgan fingerprint density at radius 3 is 2.92 bits per heavy atom. The maximum atomic E-state index is 10.6. The van der Waals surface area contributed by atoms with Gasteiger partial charge >= 0.3 is 0 Å². The SMILES string of the molecule is Cc1cc2[nH]cc(C=O)c2cc1O. The van der Waals surface area contributed by atoms with Gasteiger partial charge in [0.25, 0.3) is 0 Å². The fraction of sp³-hybridized carbons (Fsp3) is 0.100. The molecule has 2 aromatic rings. The van der Waals surface area contributed by atoms with Gasteiger partial charge in [-0.3, -0.25) is 4.79 Å². The lowest BCUT2D eigenvalue weighted by Crippen LogP contribution is -1.77. The van der Waals surface area contributed by atoms with Crippen LogP contribution in [0.4, 0.5) is 0 Å². The molecule has 0 saturated carbocycles. The van der Waals surface area contributed by atoms with E-state index >= 15 is 0 Å². The van der Waals surface area contributed by atoms with E-state index in [1.807, 2.05) is 13.0 Å². The van der Waals surface area contributed by atoms with E-state index in [-0.39, 0.29) is 5.75 Å². The smallest absolute Gasteiger partial charge is 0.152 e. The Labute approximate surface area is 75.0 Å². The lowest BCUT2D eigenvalue weighted by molar-refractivity contribution is 0.112. The van der Waals surface area contributed by atoms with E-state index in [4.69, 9.17) is 0 Å². The summed E-state index contributed by atoms with van der Waals surface area (Å²) in [5, 5.41) is 10.2. The Morgan fingerprint density at radius 1 is 1.46 bits per heavy atom. The molecule has 0 fully saturated rings. The van der Waals surface area contributed by atoms with Crippen LogP contribution >= 0.6 is 0 Å². The molecule has 0 radical (unpaired) electrons. The first-order valence-corrected chi connectivity index (χ1v) is 3.98. The largest absolute Gasteiger partial charge is 0.508 e. The summed E-state index contributed by atoms with van der Waals surface area (Å²) >= 11 is 0. The average molecular weight is 175 g/mol. The van der Waals surface area contributed by atoms with Crippen molar-refractivity contribution in [2.45, 2.75) is 6.92 Å². The van der Waals surface area contributed by atoms with E-state index in [9.17, 15) is 9.90 Å². The van der Waals surface area contributed by atoms with Gasteiger partial charge in [0.15, 0.2) is 6.29 Å². The molecule has 1 heterocycles. The molecule has 1 aromatic carbocycles. The number of phenols is 1. The second-order valence-electron chi connectivity index (χ2n) is 3.05. The molecule has 0 aliphatic rings. The number of benzene rings is 1. The highest BCUT2D eigenvalue weighted by atomic mass is 16.3. The van der Waals surface area contributed by atoms with Gasteiger partial charge in [-0.25, -0.2) is 0 Å². The number of aromatic amines is 1. The summed E-state index contributed by atoms with van der Waals surface area (Å²) in [5.41, 5.74) is 2.24. The number of phenolic OH excluding ortho intramolecular Hbond substituents is 1. The quantitative estimate of drug-likeness (QED) is 0.651. The maximum absolute atomic E-state index is 10.6. The van der Waals surface area contributed by atoms with Gasteiger partial charge in [-0.05, 0) is 24.6 Å². The number of H-pyrrole nitrogens is 1. The molecule has 0 aliphatic heterocycles. The molecular formula is C10H9NO2. The molecule has 0 aliphatic carbocycles. The lowest BCUT2D eigenvalue weighted by Gasteiger charge is -1.98. The van der Waals surface area contributed by atoms with Crippen LogP contribution in [0, 0.1) is 6.92 Å².